The molecule has 0 saturated carbocycles. The summed E-state index contributed by atoms with van der Waals surface area (Å²) >= 11 is 12.2. The normalized spacial score (nSPS) is 12.1. The van der Waals surface area contributed by atoms with Gasteiger partial charge in [0.15, 0.2) is 0 Å². The average molecular weight is 581 g/mol. The smallest absolute Gasteiger partial charge is 0.264 e. The van der Waals surface area contributed by atoms with Gasteiger partial charge >= 0.3 is 0 Å². The Labute approximate surface area is 232 Å². The van der Waals surface area contributed by atoms with Crippen LogP contribution in [-0.4, -0.2) is 44.3 Å². The Kier molecular flexibility index (Phi) is 9.76. The summed E-state index contributed by atoms with van der Waals surface area (Å²) in [6, 6.07) is 15.2. The Hall–Kier alpha value is -3.14. The molecule has 0 fully saturated rings. The first-order valence-electron chi connectivity index (χ1n) is 11.8. The quantitative estimate of drug-likeness (QED) is 0.358. The van der Waals surface area contributed by atoms with Crippen molar-refractivity contribution in [1.29, 1.82) is 0 Å². The molecule has 0 radical (unpaired) electrons. The number of amides is 2. The van der Waals surface area contributed by atoms with Gasteiger partial charge in [-0.15, -0.1) is 0 Å². The van der Waals surface area contributed by atoms with Crippen molar-refractivity contribution in [2.24, 2.45) is 0 Å². The van der Waals surface area contributed by atoms with Crippen molar-refractivity contribution in [3.63, 3.8) is 0 Å². The minimum atomic E-state index is -4.26. The number of halogens is 3. The van der Waals surface area contributed by atoms with Gasteiger partial charge in [0.2, 0.25) is 11.8 Å². The molecule has 0 unspecified atom stereocenters. The summed E-state index contributed by atoms with van der Waals surface area (Å²) in [5, 5.41) is 2.96. The third-order valence-corrected chi connectivity index (χ3v) is 8.42. The molecule has 3 rings (SSSR count). The molecule has 202 valence electrons. The summed E-state index contributed by atoms with van der Waals surface area (Å²) in [6.45, 7) is 4.45. The van der Waals surface area contributed by atoms with Gasteiger partial charge in [-0.1, -0.05) is 59.1 Å². The van der Waals surface area contributed by atoms with E-state index in [1.807, 2.05) is 6.92 Å². The van der Waals surface area contributed by atoms with Crippen LogP contribution in [0.3, 0.4) is 0 Å². The maximum Gasteiger partial charge on any atom is 0.264 e. The van der Waals surface area contributed by atoms with E-state index in [-0.39, 0.29) is 32.7 Å². The molecule has 7 nitrogen and oxygen atoms in total. The first kappa shape index (κ1) is 29.4. The van der Waals surface area contributed by atoms with Crippen LogP contribution in [-0.2, 0) is 26.2 Å². The fraction of sp³-hybridized carbons (Fsp3) is 0.259. The van der Waals surface area contributed by atoms with Crippen molar-refractivity contribution in [3.05, 3.63) is 93.7 Å². The van der Waals surface area contributed by atoms with Crippen molar-refractivity contribution >= 4 is 50.7 Å². The number of rotatable bonds is 10. The van der Waals surface area contributed by atoms with E-state index in [9.17, 15) is 22.4 Å². The molecule has 0 aromatic heterocycles. The monoisotopic (exact) mass is 579 g/mol. The molecule has 38 heavy (non-hydrogen) atoms. The van der Waals surface area contributed by atoms with Gasteiger partial charge in [-0.25, -0.2) is 12.8 Å². The molecule has 0 aliphatic rings. The van der Waals surface area contributed by atoms with Crippen LogP contribution in [0.4, 0.5) is 10.1 Å². The molecule has 0 heterocycles. The summed E-state index contributed by atoms with van der Waals surface area (Å²) < 4.78 is 42.9. The third kappa shape index (κ3) is 6.83. The van der Waals surface area contributed by atoms with Gasteiger partial charge in [-0.2, -0.15) is 0 Å². The topological polar surface area (TPSA) is 86.8 Å². The molecule has 0 bridgehead atoms. The number of aryl methyl sites for hydroxylation is 1. The number of carbonyl (C=O) groups excluding carboxylic acids is 2. The number of likely N-dealkylation sites (N-methyl/N-ethyl adjacent to an activating group) is 1. The highest BCUT2D eigenvalue weighted by molar-refractivity contribution is 7.92. The van der Waals surface area contributed by atoms with Crippen LogP contribution >= 0.6 is 23.2 Å². The van der Waals surface area contributed by atoms with Crippen LogP contribution in [0.5, 0.6) is 0 Å². The van der Waals surface area contributed by atoms with Crippen molar-refractivity contribution in [1.82, 2.24) is 10.2 Å². The first-order chi connectivity index (χ1) is 17.9. The van der Waals surface area contributed by atoms with Crippen molar-refractivity contribution in [2.45, 2.75) is 38.3 Å². The molecule has 3 aromatic carbocycles. The third-order valence-electron chi connectivity index (χ3n) is 5.90. The zero-order valence-electron chi connectivity index (χ0n) is 21.1. The van der Waals surface area contributed by atoms with Crippen LogP contribution in [0.2, 0.25) is 10.0 Å². The second-order valence-corrected chi connectivity index (χ2v) is 11.3. The number of sulfonamides is 1. The van der Waals surface area contributed by atoms with E-state index in [4.69, 9.17) is 23.2 Å². The predicted molar refractivity (Wildman–Crippen MR) is 147 cm³/mol. The van der Waals surface area contributed by atoms with Gasteiger partial charge in [0.1, 0.15) is 18.4 Å². The lowest BCUT2D eigenvalue weighted by molar-refractivity contribution is -0.139. The lowest BCUT2D eigenvalue weighted by Gasteiger charge is -2.32. The second-order valence-electron chi connectivity index (χ2n) is 8.61. The van der Waals surface area contributed by atoms with Crippen molar-refractivity contribution < 1.29 is 22.4 Å². The first-order valence-corrected chi connectivity index (χ1v) is 14.0. The Morgan fingerprint density at radius 2 is 1.66 bits per heavy atom. The van der Waals surface area contributed by atoms with Crippen molar-refractivity contribution in [2.75, 3.05) is 17.4 Å². The molecule has 0 aliphatic carbocycles. The maximum absolute atomic E-state index is 14.5. The lowest BCUT2D eigenvalue weighted by atomic mass is 10.1. The number of anilines is 1. The summed E-state index contributed by atoms with van der Waals surface area (Å²) in [5.74, 6) is -1.73. The number of benzene rings is 3. The summed E-state index contributed by atoms with van der Waals surface area (Å²) in [5.41, 5.74) is 1.14. The molecular formula is C27H28Cl2FN3O4S. The van der Waals surface area contributed by atoms with Gasteiger partial charge in [-0.3, -0.25) is 13.9 Å². The molecule has 1 atom stereocenters. The highest BCUT2D eigenvalue weighted by Crippen LogP contribution is 2.31. The predicted octanol–water partition coefficient (Wildman–Crippen LogP) is 5.19. The molecular weight excluding hydrogens is 552 g/mol. The standard InChI is InChI=1S/C27H28Cl2FN3O4S/c1-4-31-27(35)19(3)32(16-20-7-5-6-8-25(20)30)26(34)17-33(21-11-14-23(28)24(29)15-21)38(36,37)22-12-9-18(2)10-13-22/h5-15,19H,4,16-17H2,1-3H3,(H,31,35)/t19-/m1/s1. The Morgan fingerprint density at radius 3 is 2.26 bits per heavy atom. The number of nitrogens with zero attached hydrogens (tertiary/aromatic N) is 2. The van der Waals surface area contributed by atoms with Crippen LogP contribution in [0, 0.1) is 12.7 Å². The van der Waals surface area contributed by atoms with Gasteiger partial charge < -0.3 is 10.2 Å². The van der Waals surface area contributed by atoms with E-state index >= 15 is 0 Å². The van der Waals surface area contributed by atoms with E-state index in [1.165, 1.54) is 55.5 Å². The molecule has 0 spiro atoms. The average Bonchev–Trinajstić information content (AvgIpc) is 2.88. The number of hydrogen-bond acceptors (Lipinski definition) is 4. The molecule has 11 heteroatoms. The molecule has 0 saturated heterocycles. The summed E-state index contributed by atoms with van der Waals surface area (Å²) in [4.78, 5) is 27.5. The largest absolute Gasteiger partial charge is 0.355 e. The fourth-order valence-electron chi connectivity index (χ4n) is 3.72. The minimum Gasteiger partial charge on any atom is -0.355 e. The van der Waals surface area contributed by atoms with Crippen LogP contribution in [0.1, 0.15) is 25.0 Å². The zero-order valence-corrected chi connectivity index (χ0v) is 23.4. The molecule has 1 N–H and O–H groups in total. The van der Waals surface area contributed by atoms with Crippen LogP contribution in [0.15, 0.2) is 71.6 Å². The Morgan fingerprint density at radius 1 is 1.00 bits per heavy atom. The second kappa shape index (κ2) is 12.6. The minimum absolute atomic E-state index is 0.0422. The summed E-state index contributed by atoms with van der Waals surface area (Å²) in [7, 11) is -4.26. The summed E-state index contributed by atoms with van der Waals surface area (Å²) in [6.07, 6.45) is 0. The van der Waals surface area contributed by atoms with E-state index in [1.54, 1.807) is 25.1 Å². The maximum atomic E-state index is 14.5. The van der Waals surface area contributed by atoms with Crippen LogP contribution < -0.4 is 9.62 Å². The SMILES string of the molecule is CCNC(=O)[C@@H](C)N(Cc1ccccc1F)C(=O)CN(c1ccc(Cl)c(Cl)c1)S(=O)(=O)c1ccc(C)cc1. The molecule has 3 aromatic rings. The van der Waals surface area contributed by atoms with E-state index in [0.29, 0.717) is 6.54 Å². The number of hydrogen-bond donors (Lipinski definition) is 1. The Balaban J connectivity index is 2.07. The molecule has 2 amide bonds. The Bertz CT molecular complexity index is 1420. The van der Waals surface area contributed by atoms with Crippen LogP contribution in [0.25, 0.3) is 0 Å². The highest BCUT2D eigenvalue weighted by Gasteiger charge is 2.33. The lowest BCUT2D eigenvalue weighted by Crippen LogP contribution is -2.51. The fourth-order valence-corrected chi connectivity index (χ4v) is 5.42. The number of nitrogens with one attached hydrogen (secondary N) is 1. The number of carbonyl (C=O) groups is 2. The van der Waals surface area contributed by atoms with Gasteiger partial charge in [0, 0.05) is 18.7 Å². The van der Waals surface area contributed by atoms with E-state index in [2.05, 4.69) is 5.32 Å². The molecule has 0 aliphatic heterocycles. The van der Waals surface area contributed by atoms with Gasteiger partial charge in [0.05, 0.1) is 20.6 Å². The van der Waals surface area contributed by atoms with E-state index in [0.717, 1.165) is 14.8 Å². The van der Waals surface area contributed by atoms with Crippen molar-refractivity contribution in [3.8, 4) is 0 Å². The highest BCUT2D eigenvalue weighted by atomic mass is 35.5. The van der Waals surface area contributed by atoms with Gasteiger partial charge in [-0.05, 0) is 57.2 Å². The van der Waals surface area contributed by atoms with E-state index < -0.39 is 40.2 Å². The zero-order chi connectivity index (χ0) is 28.0. The van der Waals surface area contributed by atoms with Gasteiger partial charge in [0.25, 0.3) is 10.0 Å².